The van der Waals surface area contributed by atoms with Crippen LogP contribution in [0.3, 0.4) is 0 Å². The van der Waals surface area contributed by atoms with Crippen LogP contribution in [-0.4, -0.2) is 30.9 Å². The fourth-order valence-corrected chi connectivity index (χ4v) is 1.24. The molecule has 0 aromatic rings. The van der Waals surface area contributed by atoms with Crippen molar-refractivity contribution in [1.82, 2.24) is 0 Å². The molecule has 112 valence electrons. The van der Waals surface area contributed by atoms with Gasteiger partial charge in [-0.2, -0.15) is 0 Å². The first-order valence-electron chi connectivity index (χ1n) is 6.51. The van der Waals surface area contributed by atoms with Gasteiger partial charge < -0.3 is 9.47 Å². The van der Waals surface area contributed by atoms with Crippen molar-refractivity contribution in [1.29, 1.82) is 0 Å². The number of esters is 2. The Bertz CT molecular complexity index is 359. The van der Waals surface area contributed by atoms with E-state index in [1.54, 1.807) is 13.8 Å². The lowest BCUT2D eigenvalue weighted by Crippen LogP contribution is -2.09. The summed E-state index contributed by atoms with van der Waals surface area (Å²) in [4.78, 5) is 33.6. The van der Waals surface area contributed by atoms with Crippen molar-refractivity contribution in [2.75, 3.05) is 13.2 Å². The summed E-state index contributed by atoms with van der Waals surface area (Å²) < 4.78 is 9.74. The van der Waals surface area contributed by atoms with Crippen molar-refractivity contribution in [3.8, 4) is 0 Å². The zero-order chi connectivity index (χ0) is 15.5. The number of ketones is 1. The van der Waals surface area contributed by atoms with Crippen molar-refractivity contribution in [2.45, 2.75) is 39.5 Å². The van der Waals surface area contributed by atoms with Crippen molar-refractivity contribution in [3.05, 3.63) is 24.3 Å². The predicted molar refractivity (Wildman–Crippen MR) is 75.0 cm³/mol. The first-order valence-corrected chi connectivity index (χ1v) is 6.51. The SMILES string of the molecule is C=C(C)C(=O)OCCCC(=O)CCCOC(=O)C(=C)C. The smallest absolute Gasteiger partial charge is 0.333 e. The maximum Gasteiger partial charge on any atom is 0.333 e. The molecule has 0 saturated carbocycles. The molecule has 0 aliphatic rings. The largest absolute Gasteiger partial charge is 0.462 e. The second-order valence-electron chi connectivity index (χ2n) is 4.58. The number of ether oxygens (including phenoxy) is 2. The lowest BCUT2D eigenvalue weighted by Gasteiger charge is -2.05. The first kappa shape index (κ1) is 18.1. The second-order valence-corrected chi connectivity index (χ2v) is 4.58. The molecule has 0 aromatic heterocycles. The molecule has 0 radical (unpaired) electrons. The third-order valence-electron chi connectivity index (χ3n) is 2.36. The molecule has 5 nitrogen and oxygen atoms in total. The van der Waals surface area contributed by atoms with E-state index in [9.17, 15) is 14.4 Å². The van der Waals surface area contributed by atoms with Gasteiger partial charge in [0, 0.05) is 24.0 Å². The standard InChI is InChI=1S/C15H22O5/c1-11(2)14(17)19-9-5-7-13(16)8-6-10-20-15(18)12(3)4/h1,3,5-10H2,2,4H3. The van der Waals surface area contributed by atoms with Crippen LogP contribution < -0.4 is 0 Å². The highest BCUT2D eigenvalue weighted by atomic mass is 16.5. The van der Waals surface area contributed by atoms with Crippen molar-refractivity contribution >= 4 is 17.7 Å². The molecule has 0 aliphatic carbocycles. The van der Waals surface area contributed by atoms with Gasteiger partial charge in [0.05, 0.1) is 13.2 Å². The number of hydrogen-bond acceptors (Lipinski definition) is 5. The number of carbonyl (C=O) groups excluding carboxylic acids is 3. The van der Waals surface area contributed by atoms with E-state index >= 15 is 0 Å². The molecule has 0 N–H and O–H groups in total. The van der Waals surface area contributed by atoms with Gasteiger partial charge in [-0.15, -0.1) is 0 Å². The monoisotopic (exact) mass is 282 g/mol. The maximum atomic E-state index is 11.5. The summed E-state index contributed by atoms with van der Waals surface area (Å²) in [6.45, 7) is 10.5. The molecule has 0 aliphatic heterocycles. The molecule has 0 unspecified atom stereocenters. The zero-order valence-corrected chi connectivity index (χ0v) is 12.2. The quantitative estimate of drug-likeness (QED) is 0.349. The van der Waals surface area contributed by atoms with Gasteiger partial charge in [0.15, 0.2) is 0 Å². The van der Waals surface area contributed by atoms with Crippen LogP contribution >= 0.6 is 0 Å². The summed E-state index contributed by atoms with van der Waals surface area (Å²) in [5.41, 5.74) is 0.686. The Kier molecular flexibility index (Phi) is 9.00. The fraction of sp³-hybridized carbons (Fsp3) is 0.533. The van der Waals surface area contributed by atoms with E-state index in [0.29, 0.717) is 36.8 Å². The Hall–Kier alpha value is -1.91. The molecular formula is C15H22O5. The number of Topliss-reactive ketones (excluding diaryl/α,β-unsaturated/α-hetero) is 1. The van der Waals surface area contributed by atoms with E-state index in [1.807, 2.05) is 0 Å². The van der Waals surface area contributed by atoms with Crippen LogP contribution in [0.1, 0.15) is 39.5 Å². The Balaban J connectivity index is 3.55. The van der Waals surface area contributed by atoms with Gasteiger partial charge in [-0.1, -0.05) is 13.2 Å². The number of rotatable bonds is 10. The van der Waals surface area contributed by atoms with Gasteiger partial charge in [-0.3, -0.25) is 4.79 Å². The average molecular weight is 282 g/mol. The highest BCUT2D eigenvalue weighted by molar-refractivity contribution is 5.87. The van der Waals surface area contributed by atoms with Crippen LogP contribution in [0.4, 0.5) is 0 Å². The van der Waals surface area contributed by atoms with Crippen LogP contribution in [0.15, 0.2) is 24.3 Å². The molecular weight excluding hydrogens is 260 g/mol. The molecule has 0 saturated heterocycles. The molecule has 20 heavy (non-hydrogen) atoms. The minimum absolute atomic E-state index is 0.0581. The fourth-order valence-electron chi connectivity index (χ4n) is 1.24. The van der Waals surface area contributed by atoms with Crippen LogP contribution in [0.2, 0.25) is 0 Å². The molecule has 0 spiro atoms. The van der Waals surface area contributed by atoms with E-state index in [1.165, 1.54) is 0 Å². The molecule has 0 aromatic carbocycles. The third kappa shape index (κ3) is 9.08. The Morgan fingerprint density at radius 2 is 1.15 bits per heavy atom. The highest BCUT2D eigenvalue weighted by Crippen LogP contribution is 2.02. The molecule has 5 heteroatoms. The van der Waals surface area contributed by atoms with E-state index in [4.69, 9.17) is 9.47 Å². The maximum absolute atomic E-state index is 11.5. The van der Waals surface area contributed by atoms with E-state index < -0.39 is 11.9 Å². The lowest BCUT2D eigenvalue weighted by atomic mass is 10.1. The topological polar surface area (TPSA) is 69.7 Å². The molecule has 0 heterocycles. The van der Waals surface area contributed by atoms with Crippen LogP contribution in [0.25, 0.3) is 0 Å². The van der Waals surface area contributed by atoms with E-state index in [0.717, 1.165) is 0 Å². The van der Waals surface area contributed by atoms with Gasteiger partial charge >= 0.3 is 11.9 Å². The van der Waals surface area contributed by atoms with Gasteiger partial charge in [0.25, 0.3) is 0 Å². The van der Waals surface area contributed by atoms with Gasteiger partial charge in [-0.25, -0.2) is 9.59 Å². The first-order chi connectivity index (χ1) is 9.34. The minimum Gasteiger partial charge on any atom is -0.462 e. The summed E-state index contributed by atoms with van der Waals surface area (Å²) >= 11 is 0. The summed E-state index contributed by atoms with van der Waals surface area (Å²) in [5.74, 6) is -0.823. The van der Waals surface area contributed by atoms with Crippen LogP contribution in [0.5, 0.6) is 0 Å². The van der Waals surface area contributed by atoms with Gasteiger partial charge in [0.1, 0.15) is 5.78 Å². The Morgan fingerprint density at radius 1 is 0.800 bits per heavy atom. The van der Waals surface area contributed by atoms with Crippen LogP contribution in [-0.2, 0) is 23.9 Å². The number of carbonyl (C=O) groups is 3. The summed E-state index contributed by atoms with van der Waals surface area (Å²) in [7, 11) is 0. The molecule has 0 fully saturated rings. The Labute approximate surface area is 119 Å². The summed E-state index contributed by atoms with van der Waals surface area (Å²) in [6, 6.07) is 0. The summed E-state index contributed by atoms with van der Waals surface area (Å²) in [6.07, 6.45) is 1.67. The second kappa shape index (κ2) is 9.95. The van der Waals surface area contributed by atoms with Crippen molar-refractivity contribution in [3.63, 3.8) is 0 Å². The Morgan fingerprint density at radius 3 is 1.45 bits per heavy atom. The zero-order valence-electron chi connectivity index (χ0n) is 12.2. The van der Waals surface area contributed by atoms with E-state index in [-0.39, 0.29) is 19.0 Å². The molecule has 0 amide bonds. The van der Waals surface area contributed by atoms with Crippen molar-refractivity contribution < 1.29 is 23.9 Å². The third-order valence-corrected chi connectivity index (χ3v) is 2.36. The van der Waals surface area contributed by atoms with E-state index in [2.05, 4.69) is 13.2 Å². The molecule has 0 bridgehead atoms. The van der Waals surface area contributed by atoms with Gasteiger partial charge in [0.2, 0.25) is 0 Å². The van der Waals surface area contributed by atoms with Crippen LogP contribution in [0, 0.1) is 0 Å². The molecule has 0 rings (SSSR count). The minimum atomic E-state index is -0.441. The number of hydrogen-bond donors (Lipinski definition) is 0. The predicted octanol–water partition coefficient (Wildman–Crippen LogP) is 2.35. The normalized spacial score (nSPS) is 9.70. The molecule has 0 atom stereocenters. The lowest BCUT2D eigenvalue weighted by molar-refractivity contribution is -0.139. The average Bonchev–Trinajstić information content (AvgIpc) is 2.38. The van der Waals surface area contributed by atoms with Gasteiger partial charge in [-0.05, 0) is 26.7 Å². The summed E-state index contributed by atoms with van der Waals surface area (Å²) in [5, 5.41) is 0. The van der Waals surface area contributed by atoms with Crippen molar-refractivity contribution in [2.24, 2.45) is 0 Å². The highest BCUT2D eigenvalue weighted by Gasteiger charge is 2.06.